The molecule has 1 saturated carbocycles. The molecule has 0 radical (unpaired) electrons. The summed E-state index contributed by atoms with van der Waals surface area (Å²) >= 11 is 0. The largest absolute Gasteiger partial charge is 0.452 e. The maximum absolute atomic E-state index is 13.0. The van der Waals surface area contributed by atoms with Crippen molar-refractivity contribution in [1.29, 1.82) is 0 Å². The molecule has 2 bridgehead atoms. The second-order valence-electron chi connectivity index (χ2n) is 10.4. The summed E-state index contributed by atoms with van der Waals surface area (Å²) in [5, 5.41) is 2.75. The predicted molar refractivity (Wildman–Crippen MR) is 120 cm³/mol. The van der Waals surface area contributed by atoms with Crippen molar-refractivity contribution in [2.45, 2.75) is 52.3 Å². The molecule has 1 aromatic carbocycles. The number of ether oxygens (including phenoxy) is 1. The lowest BCUT2D eigenvalue weighted by molar-refractivity contribution is -0.137. The van der Waals surface area contributed by atoms with E-state index in [1.165, 1.54) is 30.5 Å². The molecule has 4 rings (SSSR count). The summed E-state index contributed by atoms with van der Waals surface area (Å²) in [4.78, 5) is 31.5. The van der Waals surface area contributed by atoms with Crippen molar-refractivity contribution in [2.75, 3.05) is 18.5 Å². The lowest BCUT2D eigenvalue weighted by atomic mass is 9.65. The van der Waals surface area contributed by atoms with Gasteiger partial charge in [-0.15, -0.1) is 0 Å². The Bertz CT molecular complexity index is 1100. The van der Waals surface area contributed by atoms with Gasteiger partial charge in [-0.25, -0.2) is 9.78 Å². The number of amides is 1. The smallest absolute Gasteiger partial charge is 0.416 e. The van der Waals surface area contributed by atoms with Crippen LogP contribution in [0.4, 0.5) is 24.7 Å². The second-order valence-corrected chi connectivity index (χ2v) is 10.4. The molecule has 1 aliphatic carbocycles. The fourth-order valence-electron chi connectivity index (χ4n) is 5.62. The number of carbonyl (C=O) groups excluding carboxylic acids is 2. The summed E-state index contributed by atoms with van der Waals surface area (Å²) in [6.45, 7) is 6.87. The second kappa shape index (κ2) is 8.60. The van der Waals surface area contributed by atoms with Crippen molar-refractivity contribution < 1.29 is 27.5 Å². The molecule has 2 aliphatic rings. The van der Waals surface area contributed by atoms with Crippen LogP contribution in [0.5, 0.6) is 0 Å². The van der Waals surface area contributed by atoms with E-state index in [2.05, 4.69) is 31.1 Å². The monoisotopic (exact) mass is 475 g/mol. The van der Waals surface area contributed by atoms with Gasteiger partial charge < -0.3 is 15.0 Å². The molecule has 1 aliphatic heterocycles. The van der Waals surface area contributed by atoms with Crippen LogP contribution in [0, 0.1) is 10.8 Å². The predicted octanol–water partition coefficient (Wildman–Crippen LogP) is 5.43. The van der Waals surface area contributed by atoms with E-state index in [0.717, 1.165) is 31.4 Å². The van der Waals surface area contributed by atoms with Crippen LogP contribution in [-0.2, 0) is 15.7 Å². The summed E-state index contributed by atoms with van der Waals surface area (Å²) in [7, 11) is 0. The first kappa shape index (κ1) is 24.0. The Morgan fingerprint density at radius 2 is 1.94 bits per heavy atom. The van der Waals surface area contributed by atoms with Crippen molar-refractivity contribution in [2.24, 2.45) is 10.8 Å². The van der Waals surface area contributed by atoms with Crippen molar-refractivity contribution in [3.8, 4) is 0 Å². The summed E-state index contributed by atoms with van der Waals surface area (Å²) in [5.74, 6) is -0.966. The number of alkyl halides is 3. The van der Waals surface area contributed by atoms with Gasteiger partial charge in [0.1, 0.15) is 11.4 Å². The number of hydrogen-bond acceptors (Lipinski definition) is 5. The van der Waals surface area contributed by atoms with E-state index in [1.54, 1.807) is 0 Å². The highest BCUT2D eigenvalue weighted by atomic mass is 19.4. The number of aromatic nitrogens is 1. The summed E-state index contributed by atoms with van der Waals surface area (Å²) in [6.07, 6.45) is -0.186. The van der Waals surface area contributed by atoms with Crippen molar-refractivity contribution in [3.63, 3.8) is 0 Å². The first-order chi connectivity index (χ1) is 15.9. The number of halogens is 3. The Kier molecular flexibility index (Phi) is 6.08. The van der Waals surface area contributed by atoms with Crippen LogP contribution in [0.2, 0.25) is 0 Å². The van der Waals surface area contributed by atoms with Crippen molar-refractivity contribution in [1.82, 2.24) is 9.88 Å². The Morgan fingerprint density at radius 1 is 1.18 bits per heavy atom. The summed E-state index contributed by atoms with van der Waals surface area (Å²) < 4.78 is 44.3. The molecule has 1 saturated heterocycles. The van der Waals surface area contributed by atoms with Crippen LogP contribution in [0.15, 0.2) is 42.6 Å². The summed E-state index contributed by atoms with van der Waals surface area (Å²) in [5.41, 5.74) is -0.448. The number of benzene rings is 1. The van der Waals surface area contributed by atoms with E-state index in [0.29, 0.717) is 6.54 Å². The molecule has 0 unspecified atom stereocenters. The Balaban J connectivity index is 1.43. The molecule has 2 fully saturated rings. The number of nitrogens with zero attached hydrogens (tertiary/aromatic N) is 2. The third kappa shape index (κ3) is 5.18. The van der Waals surface area contributed by atoms with Gasteiger partial charge in [-0.1, -0.05) is 26.8 Å². The van der Waals surface area contributed by atoms with Crippen LogP contribution >= 0.6 is 0 Å². The number of rotatable bonds is 5. The van der Waals surface area contributed by atoms with Crippen LogP contribution in [0.3, 0.4) is 0 Å². The van der Waals surface area contributed by atoms with E-state index in [-0.39, 0.29) is 39.8 Å². The van der Waals surface area contributed by atoms with Gasteiger partial charge >= 0.3 is 12.1 Å². The number of carbonyl (C=O) groups is 2. The van der Waals surface area contributed by atoms with Gasteiger partial charge in [0.15, 0.2) is 6.61 Å². The van der Waals surface area contributed by atoms with Crippen LogP contribution < -0.4 is 5.32 Å². The molecule has 182 valence electrons. The normalized spacial score (nSPS) is 23.5. The van der Waals surface area contributed by atoms with Crippen LogP contribution in [-0.4, -0.2) is 41.0 Å². The number of fused-ring (bicyclic) bond motifs is 2. The van der Waals surface area contributed by atoms with Gasteiger partial charge in [-0.05, 0) is 60.4 Å². The minimum absolute atomic E-state index is 0.0287. The molecule has 9 heteroatoms. The minimum Gasteiger partial charge on any atom is -0.452 e. The summed E-state index contributed by atoms with van der Waals surface area (Å²) in [6, 6.07) is 7.69. The average molecular weight is 476 g/mol. The molecule has 1 aromatic heterocycles. The zero-order valence-electron chi connectivity index (χ0n) is 19.4. The first-order valence-corrected chi connectivity index (χ1v) is 11.2. The molecule has 0 spiro atoms. The maximum atomic E-state index is 13.0. The number of hydrogen-bond donors (Lipinski definition) is 1. The number of likely N-dealkylation sites (tertiary alicyclic amines) is 1. The molecule has 2 atom stereocenters. The van der Waals surface area contributed by atoms with E-state index in [1.807, 2.05) is 4.90 Å². The van der Waals surface area contributed by atoms with E-state index >= 15 is 0 Å². The Morgan fingerprint density at radius 3 is 2.68 bits per heavy atom. The minimum atomic E-state index is -4.50. The standard InChI is InChI=1S/C25H28F3N3O3/c1-23(2)11-18-12-24(3,14-23)15-31(18)20(32)13-34-22(33)19-8-5-9-29-21(19)30-17-7-4-6-16(10-17)25(26,27)28/h4-10,18H,11-15H2,1-3H3,(H,29,30)/t18-,24-/m0/s1. The van der Waals surface area contributed by atoms with Gasteiger partial charge in [-0.3, -0.25) is 4.79 Å². The van der Waals surface area contributed by atoms with Crippen molar-refractivity contribution in [3.05, 3.63) is 53.7 Å². The van der Waals surface area contributed by atoms with Crippen LogP contribution in [0.25, 0.3) is 0 Å². The molecular weight excluding hydrogens is 447 g/mol. The van der Waals surface area contributed by atoms with Gasteiger partial charge in [0, 0.05) is 24.5 Å². The van der Waals surface area contributed by atoms with Crippen molar-refractivity contribution >= 4 is 23.4 Å². The van der Waals surface area contributed by atoms with E-state index in [4.69, 9.17) is 4.74 Å². The van der Waals surface area contributed by atoms with Gasteiger partial charge in [-0.2, -0.15) is 13.2 Å². The number of pyridine rings is 1. The maximum Gasteiger partial charge on any atom is 0.416 e. The Hall–Kier alpha value is -3.10. The zero-order valence-corrected chi connectivity index (χ0v) is 19.4. The topological polar surface area (TPSA) is 71.5 Å². The highest BCUT2D eigenvalue weighted by Crippen LogP contribution is 2.52. The lowest BCUT2D eigenvalue weighted by Crippen LogP contribution is -2.39. The molecule has 6 nitrogen and oxygen atoms in total. The van der Waals surface area contributed by atoms with Gasteiger partial charge in [0.25, 0.3) is 5.91 Å². The Labute approximate surface area is 196 Å². The van der Waals surface area contributed by atoms with E-state index < -0.39 is 24.3 Å². The highest BCUT2D eigenvalue weighted by Gasteiger charge is 2.51. The number of nitrogens with one attached hydrogen (secondary N) is 1. The SMILES string of the molecule is CC1(C)C[C@H]2C[C@](C)(CN2C(=O)COC(=O)c2cccnc2Nc2cccc(C(F)(F)F)c2)C1. The molecule has 2 heterocycles. The molecule has 1 amide bonds. The fourth-order valence-corrected chi connectivity index (χ4v) is 5.62. The van der Waals surface area contributed by atoms with Crippen LogP contribution in [0.1, 0.15) is 56.0 Å². The number of anilines is 2. The quantitative estimate of drug-likeness (QED) is 0.584. The fraction of sp³-hybridized carbons (Fsp3) is 0.480. The lowest BCUT2D eigenvalue weighted by Gasteiger charge is -2.39. The molecular formula is C25H28F3N3O3. The molecule has 34 heavy (non-hydrogen) atoms. The third-order valence-corrected chi connectivity index (χ3v) is 6.54. The van der Waals surface area contributed by atoms with Gasteiger partial charge in [0.05, 0.1) is 5.56 Å². The zero-order chi connectivity index (χ0) is 24.7. The number of esters is 1. The first-order valence-electron chi connectivity index (χ1n) is 11.2. The highest BCUT2D eigenvalue weighted by molar-refractivity contribution is 5.96. The third-order valence-electron chi connectivity index (χ3n) is 6.54. The van der Waals surface area contributed by atoms with E-state index in [9.17, 15) is 22.8 Å². The molecule has 2 aromatic rings. The average Bonchev–Trinajstić information content (AvgIpc) is 3.00. The molecule has 1 N–H and O–H groups in total. The van der Waals surface area contributed by atoms with Gasteiger partial charge in [0.2, 0.25) is 0 Å².